The Labute approximate surface area is 153 Å². The molecule has 0 amide bonds. The van der Waals surface area contributed by atoms with Crippen molar-refractivity contribution in [1.29, 1.82) is 0 Å². The van der Waals surface area contributed by atoms with E-state index in [1.807, 2.05) is 13.0 Å². The molecule has 8 nitrogen and oxygen atoms in total. The summed E-state index contributed by atoms with van der Waals surface area (Å²) in [6, 6.07) is 1.48. The highest BCUT2D eigenvalue weighted by molar-refractivity contribution is 5.95. The Morgan fingerprint density at radius 1 is 1.46 bits per heavy atom. The Morgan fingerprint density at radius 3 is 2.85 bits per heavy atom. The van der Waals surface area contributed by atoms with Gasteiger partial charge in [0.15, 0.2) is 6.29 Å². The molecular weight excluding hydrogens is 336 g/mol. The van der Waals surface area contributed by atoms with Crippen molar-refractivity contribution in [2.75, 3.05) is 20.8 Å². The molecule has 1 atom stereocenters. The van der Waals surface area contributed by atoms with E-state index in [0.717, 1.165) is 6.42 Å². The number of aromatic nitrogens is 2. The van der Waals surface area contributed by atoms with Crippen molar-refractivity contribution in [3.63, 3.8) is 0 Å². The highest BCUT2D eigenvalue weighted by Gasteiger charge is 2.29. The number of hydrogen-bond donors (Lipinski definition) is 1. The summed E-state index contributed by atoms with van der Waals surface area (Å²) in [6.45, 7) is 5.57. The Kier molecular flexibility index (Phi) is 7.55. The van der Waals surface area contributed by atoms with Crippen LogP contribution >= 0.6 is 0 Å². The fourth-order valence-electron chi connectivity index (χ4n) is 2.76. The lowest BCUT2D eigenvalue weighted by Crippen LogP contribution is -2.39. The summed E-state index contributed by atoms with van der Waals surface area (Å²) < 4.78 is 17.3. The van der Waals surface area contributed by atoms with Gasteiger partial charge in [-0.2, -0.15) is 5.10 Å². The van der Waals surface area contributed by atoms with Crippen molar-refractivity contribution in [2.24, 2.45) is 4.99 Å². The van der Waals surface area contributed by atoms with Crippen molar-refractivity contribution in [1.82, 2.24) is 15.1 Å². The quantitative estimate of drug-likeness (QED) is 0.410. The van der Waals surface area contributed by atoms with Crippen LogP contribution in [0, 0.1) is 0 Å². The number of aliphatic imine (C=N–C) groups is 1. The predicted molar refractivity (Wildman–Crippen MR) is 97.5 cm³/mol. The average molecular weight is 362 g/mol. The van der Waals surface area contributed by atoms with E-state index in [4.69, 9.17) is 14.2 Å². The molecule has 142 valence electrons. The van der Waals surface area contributed by atoms with Gasteiger partial charge in [0.1, 0.15) is 6.61 Å². The average Bonchev–Trinajstić information content (AvgIpc) is 3.17. The van der Waals surface area contributed by atoms with Crippen LogP contribution in [-0.2, 0) is 19.0 Å². The molecule has 0 aliphatic carbocycles. The number of ether oxygens (including phenoxy) is 3. The lowest BCUT2D eigenvalue weighted by Gasteiger charge is -2.26. The zero-order chi connectivity index (χ0) is 18.9. The summed E-state index contributed by atoms with van der Waals surface area (Å²) in [7, 11) is 3.21. The van der Waals surface area contributed by atoms with E-state index < -0.39 is 5.97 Å². The molecule has 1 unspecified atom stereocenters. The van der Waals surface area contributed by atoms with E-state index in [2.05, 4.69) is 22.0 Å². The number of carbonyl (C=O) groups excluding carboxylic acids is 1. The Morgan fingerprint density at radius 2 is 2.23 bits per heavy atom. The maximum Gasteiger partial charge on any atom is 0.338 e. The van der Waals surface area contributed by atoms with Crippen LogP contribution in [-0.4, -0.2) is 54.9 Å². The standard InChI is InChI=1S/C18H26N4O4/c1-5-12-26-17(23)16-13(2)20-18(22-11-7-10-19-22)21-14(16)8-6-9-15(24-3)25-4/h5,7,10-11,14-15H,1,6,8-9,12H2,2-4H3,(H,20,21). The largest absolute Gasteiger partial charge is 0.458 e. The molecule has 0 aromatic carbocycles. The second-order valence-electron chi connectivity index (χ2n) is 5.80. The topological polar surface area (TPSA) is 87.0 Å². The molecule has 2 rings (SSSR count). The molecule has 2 heterocycles. The third-order valence-electron chi connectivity index (χ3n) is 4.03. The minimum atomic E-state index is -0.391. The first-order valence-electron chi connectivity index (χ1n) is 8.49. The normalized spacial score (nSPS) is 17.1. The first kappa shape index (κ1) is 19.9. The SMILES string of the molecule is C=CCOC(=O)C1=C(C)NC(n2cccn2)=NC1CCCC(OC)OC. The minimum absolute atomic E-state index is 0.160. The van der Waals surface area contributed by atoms with Gasteiger partial charge < -0.3 is 19.5 Å². The highest BCUT2D eigenvalue weighted by atomic mass is 16.7. The van der Waals surface area contributed by atoms with Crippen molar-refractivity contribution in [3.05, 3.63) is 42.4 Å². The van der Waals surface area contributed by atoms with Crippen LogP contribution in [0.5, 0.6) is 0 Å². The maximum atomic E-state index is 12.5. The van der Waals surface area contributed by atoms with Crippen molar-refractivity contribution < 1.29 is 19.0 Å². The van der Waals surface area contributed by atoms with Gasteiger partial charge in [-0.25, -0.2) is 14.5 Å². The van der Waals surface area contributed by atoms with E-state index in [1.54, 1.807) is 37.4 Å². The lowest BCUT2D eigenvalue weighted by molar-refractivity contribution is -0.138. The molecule has 1 aromatic heterocycles. The number of nitrogens with one attached hydrogen (secondary N) is 1. The van der Waals surface area contributed by atoms with Crippen molar-refractivity contribution in [2.45, 2.75) is 38.5 Å². The van der Waals surface area contributed by atoms with Crippen LogP contribution in [0.1, 0.15) is 26.2 Å². The summed E-state index contributed by atoms with van der Waals surface area (Å²) >= 11 is 0. The maximum absolute atomic E-state index is 12.5. The van der Waals surface area contributed by atoms with Crippen LogP contribution in [0.3, 0.4) is 0 Å². The van der Waals surface area contributed by atoms with Crippen molar-refractivity contribution in [3.8, 4) is 0 Å². The van der Waals surface area contributed by atoms with Gasteiger partial charge in [-0.1, -0.05) is 12.7 Å². The second-order valence-corrected chi connectivity index (χ2v) is 5.80. The van der Waals surface area contributed by atoms with Gasteiger partial charge in [-0.05, 0) is 32.3 Å². The van der Waals surface area contributed by atoms with Gasteiger partial charge in [-0.15, -0.1) is 0 Å². The van der Waals surface area contributed by atoms with E-state index in [0.29, 0.717) is 30.1 Å². The number of allylic oxidation sites excluding steroid dienone is 1. The Balaban J connectivity index is 2.17. The molecule has 1 aliphatic rings. The Hall–Kier alpha value is -2.45. The molecule has 0 spiro atoms. The molecule has 1 aliphatic heterocycles. The van der Waals surface area contributed by atoms with E-state index in [-0.39, 0.29) is 18.9 Å². The van der Waals surface area contributed by atoms with E-state index >= 15 is 0 Å². The fourth-order valence-corrected chi connectivity index (χ4v) is 2.76. The number of carbonyl (C=O) groups is 1. The number of nitrogens with zero attached hydrogens (tertiary/aromatic N) is 3. The molecule has 1 aromatic rings. The summed E-state index contributed by atoms with van der Waals surface area (Å²) in [5, 5.41) is 7.33. The van der Waals surface area contributed by atoms with Gasteiger partial charge >= 0.3 is 5.97 Å². The highest BCUT2D eigenvalue weighted by Crippen LogP contribution is 2.23. The molecule has 0 fully saturated rings. The molecular formula is C18H26N4O4. The summed E-state index contributed by atoms with van der Waals surface area (Å²) in [5.74, 6) is 0.186. The Bertz CT molecular complexity index is 663. The number of methoxy groups -OCH3 is 2. The number of esters is 1. The lowest BCUT2D eigenvalue weighted by atomic mass is 9.98. The molecule has 1 N–H and O–H groups in total. The second kappa shape index (κ2) is 9.88. The molecule has 0 radical (unpaired) electrons. The van der Waals surface area contributed by atoms with Gasteiger partial charge in [0.05, 0.1) is 11.6 Å². The third kappa shape index (κ3) is 5.03. The summed E-state index contributed by atoms with van der Waals surface area (Å²) in [4.78, 5) is 17.1. The van der Waals surface area contributed by atoms with Gasteiger partial charge in [0.2, 0.25) is 5.96 Å². The zero-order valence-electron chi connectivity index (χ0n) is 15.5. The summed E-state index contributed by atoms with van der Waals surface area (Å²) in [6.07, 6.45) is 6.88. The van der Waals surface area contributed by atoms with Gasteiger partial charge in [0.25, 0.3) is 0 Å². The van der Waals surface area contributed by atoms with E-state index in [9.17, 15) is 4.79 Å². The monoisotopic (exact) mass is 362 g/mol. The van der Waals surface area contributed by atoms with Crippen LogP contribution in [0.4, 0.5) is 0 Å². The predicted octanol–water partition coefficient (Wildman–Crippen LogP) is 1.85. The first-order chi connectivity index (χ1) is 12.6. The van der Waals surface area contributed by atoms with Gasteiger partial charge in [0, 0.05) is 32.3 Å². The molecule has 0 bridgehead atoms. The van der Waals surface area contributed by atoms with Crippen LogP contribution < -0.4 is 5.32 Å². The fraction of sp³-hybridized carbons (Fsp3) is 0.500. The number of hydrogen-bond acceptors (Lipinski definition) is 7. The molecule has 0 saturated heterocycles. The van der Waals surface area contributed by atoms with Crippen molar-refractivity contribution >= 4 is 11.9 Å². The van der Waals surface area contributed by atoms with Gasteiger partial charge in [-0.3, -0.25) is 0 Å². The first-order valence-corrected chi connectivity index (χ1v) is 8.49. The third-order valence-corrected chi connectivity index (χ3v) is 4.03. The van der Waals surface area contributed by atoms with E-state index in [1.165, 1.54) is 0 Å². The smallest absolute Gasteiger partial charge is 0.338 e. The number of rotatable bonds is 9. The molecule has 8 heteroatoms. The minimum Gasteiger partial charge on any atom is -0.458 e. The van der Waals surface area contributed by atoms with Crippen LogP contribution in [0.25, 0.3) is 0 Å². The van der Waals surface area contributed by atoms with Crippen LogP contribution in [0.2, 0.25) is 0 Å². The summed E-state index contributed by atoms with van der Waals surface area (Å²) in [5.41, 5.74) is 1.23. The molecule has 0 saturated carbocycles. The van der Waals surface area contributed by atoms with Crippen LogP contribution in [0.15, 0.2) is 47.4 Å². The zero-order valence-corrected chi connectivity index (χ0v) is 15.5. The molecule has 26 heavy (non-hydrogen) atoms.